The molecule has 0 rings (SSSR count). The van der Waals surface area contributed by atoms with Gasteiger partial charge in [-0.2, -0.15) is 52.7 Å². The highest BCUT2D eigenvalue weighted by Crippen LogP contribution is 2.47. The second kappa shape index (κ2) is 8.91. The van der Waals surface area contributed by atoms with Gasteiger partial charge in [-0.1, -0.05) is 0 Å². The van der Waals surface area contributed by atoms with Gasteiger partial charge >= 0.3 is 62.7 Å². The van der Waals surface area contributed by atoms with E-state index >= 15 is 0 Å². The lowest BCUT2D eigenvalue weighted by atomic mass is 10.1. The van der Waals surface area contributed by atoms with Gasteiger partial charge in [0.1, 0.15) is 0 Å². The quantitative estimate of drug-likeness (QED) is 0.302. The smallest absolute Gasteiger partial charge is 0.341 e. The van der Waals surface area contributed by atoms with Gasteiger partial charge in [-0.25, -0.2) is 26.3 Å². The zero-order valence-corrected chi connectivity index (χ0v) is 13.3. The number of rotatable bonds is 9. The molecule has 0 aromatic carbocycles. The summed E-state index contributed by atoms with van der Waals surface area (Å²) in [5.41, 5.74) is 0. The third kappa shape index (κ3) is 5.93. The van der Waals surface area contributed by atoms with Crippen molar-refractivity contribution in [1.29, 1.82) is 0 Å². The Morgan fingerprint density at radius 1 is 0.387 bits per heavy atom. The molecule has 3 nitrogen and oxygen atoms in total. The Kier molecular flexibility index (Phi) is 8.53. The molecule has 0 aliphatic carbocycles. The molecule has 0 saturated carbocycles. The van der Waals surface area contributed by atoms with Crippen LogP contribution in [0.4, 0.5) is 79.0 Å². The van der Waals surface area contributed by atoms with Gasteiger partial charge in [0.25, 0.3) is 0 Å². The summed E-state index contributed by atoms with van der Waals surface area (Å²) in [4.78, 5) is 0. The average Bonchev–Trinajstić information content (AvgIpc) is 2.50. The fraction of sp³-hybridized carbons (Fsp3) is 1.00. The van der Waals surface area contributed by atoms with Gasteiger partial charge in [0.15, 0.2) is 0 Å². The van der Waals surface area contributed by atoms with E-state index in [2.05, 4.69) is 14.0 Å². The van der Waals surface area contributed by atoms with Crippen LogP contribution >= 0.6 is 0 Å². The van der Waals surface area contributed by atoms with E-state index in [9.17, 15) is 79.0 Å². The SMILES string of the molecule is FC(F)[C@@](F)(OB(O[C@](F)(C(F)F)C(F)(F)F)O[C@](F)(C(F)F)C(F)(F)F)C(F)(F)F. The van der Waals surface area contributed by atoms with Crippen molar-refractivity contribution in [3.63, 3.8) is 0 Å². The molecule has 0 spiro atoms. The van der Waals surface area contributed by atoms with Crippen LogP contribution in [0.5, 0.6) is 0 Å². The largest absolute Gasteiger partial charge is 0.647 e. The molecule has 0 aromatic rings. The summed E-state index contributed by atoms with van der Waals surface area (Å²) in [7, 11) is -5.50. The molecule has 0 aromatic heterocycles. The fourth-order valence-corrected chi connectivity index (χ4v) is 1.22. The molecule has 0 bridgehead atoms. The lowest BCUT2D eigenvalue weighted by Gasteiger charge is -2.36. The minimum absolute atomic E-state index is 2.21. The Balaban J connectivity index is 6.58. The van der Waals surface area contributed by atoms with Crippen molar-refractivity contribution in [3.8, 4) is 0 Å². The van der Waals surface area contributed by atoms with Crippen molar-refractivity contribution >= 4 is 7.32 Å². The van der Waals surface area contributed by atoms with Crippen LogP contribution in [0.15, 0.2) is 0 Å². The Bertz CT molecular complexity index is 508. The van der Waals surface area contributed by atoms with E-state index in [-0.39, 0.29) is 0 Å². The molecule has 3 atom stereocenters. The molecule has 0 unspecified atom stereocenters. The summed E-state index contributed by atoms with van der Waals surface area (Å²) in [6.07, 6.45) is -38.6. The number of hydrogen-bond acceptors (Lipinski definition) is 3. The maximum absolute atomic E-state index is 13.4. The Morgan fingerprint density at radius 3 is 0.645 bits per heavy atom. The number of halogens is 18. The molecule has 0 saturated heterocycles. The summed E-state index contributed by atoms with van der Waals surface area (Å²) in [5, 5.41) is 0. The third-order valence-corrected chi connectivity index (χ3v) is 2.80. The molecule has 186 valence electrons. The number of alkyl halides is 18. The monoisotopic (exact) mass is 512 g/mol. The predicted octanol–water partition coefficient (Wildman–Crippen LogP) is 5.50. The third-order valence-electron chi connectivity index (χ3n) is 2.80. The Morgan fingerprint density at radius 2 is 0.548 bits per heavy atom. The summed E-state index contributed by atoms with van der Waals surface area (Å²) in [6, 6.07) is 0. The van der Waals surface area contributed by atoms with E-state index < -0.39 is 62.7 Å². The minimum atomic E-state index is -7.18. The average molecular weight is 512 g/mol. The summed E-state index contributed by atoms with van der Waals surface area (Å²) in [5.74, 6) is -20.5. The molecule has 0 radical (unpaired) electrons. The van der Waals surface area contributed by atoms with Crippen molar-refractivity contribution < 1.29 is 93.0 Å². The van der Waals surface area contributed by atoms with Crippen molar-refractivity contribution in [3.05, 3.63) is 0 Å². The highest BCUT2D eigenvalue weighted by atomic mass is 19.4. The van der Waals surface area contributed by atoms with E-state index in [4.69, 9.17) is 0 Å². The summed E-state index contributed by atoms with van der Waals surface area (Å²) >= 11 is 0. The maximum Gasteiger partial charge on any atom is 0.647 e. The highest BCUT2D eigenvalue weighted by molar-refractivity contribution is 6.37. The van der Waals surface area contributed by atoms with Crippen molar-refractivity contribution in [2.75, 3.05) is 0 Å². The standard InChI is InChI=1S/C9H3BF18O3/c11-1(12)4(17,7(20,21)22)29-10(30-5(18,2(13)14)8(23,24)25)31-6(19,3(15)16)9(26,27)28/h1-3H/t4-,5-,6-/m1/s1. The molecular formula is C9H3BF18O3. The molecule has 0 aliphatic rings. The topological polar surface area (TPSA) is 27.7 Å². The van der Waals surface area contributed by atoms with Crippen LogP contribution in [0.3, 0.4) is 0 Å². The highest BCUT2D eigenvalue weighted by Gasteiger charge is 2.74. The van der Waals surface area contributed by atoms with Gasteiger partial charge in [-0.15, -0.1) is 0 Å². The van der Waals surface area contributed by atoms with E-state index in [1.807, 2.05) is 0 Å². The zero-order valence-electron chi connectivity index (χ0n) is 13.3. The predicted molar refractivity (Wildman–Crippen MR) is 56.7 cm³/mol. The van der Waals surface area contributed by atoms with Crippen LogP contribution < -0.4 is 0 Å². The first-order chi connectivity index (χ1) is 13.4. The van der Waals surface area contributed by atoms with E-state index in [1.54, 1.807) is 0 Å². The van der Waals surface area contributed by atoms with Crippen LogP contribution in [0.1, 0.15) is 0 Å². The molecular weight excluding hydrogens is 509 g/mol. The number of hydrogen-bond donors (Lipinski definition) is 0. The lowest BCUT2D eigenvalue weighted by Crippen LogP contribution is -2.62. The van der Waals surface area contributed by atoms with Gasteiger partial charge in [0.2, 0.25) is 0 Å². The van der Waals surface area contributed by atoms with Crippen LogP contribution in [-0.4, -0.2) is 62.7 Å². The van der Waals surface area contributed by atoms with Gasteiger partial charge in [-0.3, -0.25) is 0 Å². The first-order valence-corrected chi connectivity index (χ1v) is 6.51. The van der Waals surface area contributed by atoms with Crippen LogP contribution in [0, 0.1) is 0 Å². The van der Waals surface area contributed by atoms with Crippen molar-refractivity contribution in [2.24, 2.45) is 0 Å². The zero-order chi connectivity index (χ0) is 25.4. The minimum Gasteiger partial charge on any atom is -0.341 e. The summed E-state index contributed by atoms with van der Waals surface area (Å²) < 4.78 is 232. The molecule has 0 N–H and O–H groups in total. The van der Waals surface area contributed by atoms with E-state index in [0.717, 1.165) is 0 Å². The van der Waals surface area contributed by atoms with E-state index in [0.29, 0.717) is 0 Å². The second-order valence-electron chi connectivity index (χ2n) is 4.97. The molecule has 0 heterocycles. The first-order valence-electron chi connectivity index (χ1n) is 6.51. The van der Waals surface area contributed by atoms with Crippen LogP contribution in [0.2, 0.25) is 0 Å². The Labute approximate surface area is 157 Å². The normalized spacial score (nSPS) is 20.0. The Hall–Kier alpha value is -1.32. The van der Waals surface area contributed by atoms with Gasteiger partial charge < -0.3 is 14.0 Å². The van der Waals surface area contributed by atoms with Crippen LogP contribution in [0.25, 0.3) is 0 Å². The molecule has 22 heteroatoms. The molecule has 0 amide bonds. The second-order valence-corrected chi connectivity index (χ2v) is 4.97. The molecule has 31 heavy (non-hydrogen) atoms. The van der Waals surface area contributed by atoms with Crippen molar-refractivity contribution in [1.82, 2.24) is 0 Å². The van der Waals surface area contributed by atoms with Gasteiger partial charge in [0.05, 0.1) is 0 Å². The molecule has 0 fully saturated rings. The first kappa shape index (κ1) is 29.7. The van der Waals surface area contributed by atoms with Crippen molar-refractivity contribution in [2.45, 2.75) is 55.4 Å². The maximum atomic E-state index is 13.4. The van der Waals surface area contributed by atoms with E-state index in [1.165, 1.54) is 0 Å². The summed E-state index contributed by atoms with van der Waals surface area (Å²) in [6.45, 7) is 0. The van der Waals surface area contributed by atoms with Gasteiger partial charge in [-0.05, 0) is 0 Å². The molecule has 0 aliphatic heterocycles. The van der Waals surface area contributed by atoms with Gasteiger partial charge in [0, 0.05) is 0 Å². The lowest BCUT2D eigenvalue weighted by molar-refractivity contribution is -0.391. The van der Waals surface area contributed by atoms with Crippen LogP contribution in [-0.2, 0) is 14.0 Å². The fourth-order valence-electron chi connectivity index (χ4n) is 1.22.